The molecule has 0 atom stereocenters. The Balaban J connectivity index is 1.52. The maximum absolute atomic E-state index is 4.14. The molecule has 0 spiro atoms. The molecule has 6 heteroatoms. The van der Waals surface area contributed by atoms with Crippen LogP contribution in [0.25, 0.3) is 0 Å². The van der Waals surface area contributed by atoms with Crippen LogP contribution >= 0.6 is 0 Å². The van der Waals surface area contributed by atoms with Crippen LogP contribution in [0.3, 0.4) is 0 Å². The number of nitrogens with one attached hydrogen (secondary N) is 3. The first-order valence-electron chi connectivity index (χ1n) is 7.14. The first-order valence-corrected chi connectivity index (χ1v) is 7.14. The molecule has 3 aromatic rings. The predicted molar refractivity (Wildman–Crippen MR) is 93.9 cm³/mol. The van der Waals surface area contributed by atoms with Gasteiger partial charge >= 0.3 is 0 Å². The van der Waals surface area contributed by atoms with Gasteiger partial charge in [0.05, 0.1) is 12.4 Å². The molecule has 0 aliphatic carbocycles. The fourth-order valence-corrected chi connectivity index (χ4v) is 1.86. The molecule has 6 nitrogen and oxygen atoms in total. The molecule has 3 N–H and O–H groups in total. The summed E-state index contributed by atoms with van der Waals surface area (Å²) in [6, 6.07) is 21.5. The Morgan fingerprint density at radius 3 is 1.96 bits per heavy atom. The Labute approximate surface area is 134 Å². The van der Waals surface area contributed by atoms with Crippen LogP contribution in [0.1, 0.15) is 11.1 Å². The van der Waals surface area contributed by atoms with Gasteiger partial charge in [0.15, 0.2) is 5.82 Å². The van der Waals surface area contributed by atoms with Crippen LogP contribution in [-0.4, -0.2) is 22.6 Å². The Hall–Kier alpha value is -3.41. The predicted octanol–water partition coefficient (Wildman–Crippen LogP) is 3.30. The number of nitrogens with zero attached hydrogens (tertiary/aromatic N) is 3. The minimum Gasteiger partial charge on any atom is -0.262 e. The quantitative estimate of drug-likeness (QED) is 0.483. The molecule has 0 aliphatic rings. The Morgan fingerprint density at radius 1 is 0.783 bits per heavy atom. The summed E-state index contributed by atoms with van der Waals surface area (Å²) >= 11 is 0. The lowest BCUT2D eigenvalue weighted by molar-refractivity contribution is 1.07. The van der Waals surface area contributed by atoms with E-state index in [9.17, 15) is 0 Å². The van der Waals surface area contributed by atoms with Gasteiger partial charge in [0, 0.05) is 6.07 Å². The van der Waals surface area contributed by atoms with E-state index in [1.54, 1.807) is 18.5 Å². The van der Waals surface area contributed by atoms with Gasteiger partial charge in [-0.25, -0.2) is 0 Å². The maximum Gasteiger partial charge on any atom is 0.170 e. The summed E-state index contributed by atoms with van der Waals surface area (Å²) in [5.41, 5.74) is 7.77. The normalized spacial score (nSPS) is 11.1. The molecule has 0 radical (unpaired) electrons. The van der Waals surface area contributed by atoms with Gasteiger partial charge in [-0.05, 0) is 11.1 Å². The summed E-state index contributed by atoms with van der Waals surface area (Å²) in [5.74, 6) is 1.28. The zero-order valence-electron chi connectivity index (χ0n) is 12.3. The zero-order valence-corrected chi connectivity index (χ0v) is 12.3. The van der Waals surface area contributed by atoms with Gasteiger partial charge in [0.2, 0.25) is 0 Å². The molecule has 0 unspecified atom stereocenters. The average Bonchev–Trinajstić information content (AvgIpc) is 3.05. The van der Waals surface area contributed by atoms with Crippen molar-refractivity contribution in [2.24, 2.45) is 10.2 Å². The van der Waals surface area contributed by atoms with E-state index in [0.717, 1.165) is 11.1 Å². The highest BCUT2D eigenvalue weighted by atomic mass is 15.4. The lowest BCUT2D eigenvalue weighted by atomic mass is 10.2. The monoisotopic (exact) mass is 304 g/mol. The fourth-order valence-electron chi connectivity index (χ4n) is 1.86. The fraction of sp³-hybridized carbons (Fsp3) is 0. The molecule has 114 valence electrons. The molecule has 1 heterocycles. The van der Waals surface area contributed by atoms with Gasteiger partial charge in [-0.3, -0.25) is 16.0 Å². The molecule has 0 saturated heterocycles. The summed E-state index contributed by atoms with van der Waals surface area (Å²) in [6.07, 6.45) is 3.47. The third-order valence-electron chi connectivity index (χ3n) is 2.97. The van der Waals surface area contributed by atoms with Crippen LogP contribution in [0.4, 0.5) is 11.6 Å². The highest BCUT2D eigenvalue weighted by molar-refractivity contribution is 5.80. The van der Waals surface area contributed by atoms with E-state index in [1.807, 2.05) is 60.7 Å². The van der Waals surface area contributed by atoms with Gasteiger partial charge in [-0.2, -0.15) is 15.3 Å². The lowest BCUT2D eigenvalue weighted by Crippen LogP contribution is -1.90. The van der Waals surface area contributed by atoms with Crippen molar-refractivity contribution >= 4 is 24.1 Å². The molecule has 0 aliphatic heterocycles. The summed E-state index contributed by atoms with van der Waals surface area (Å²) in [6.45, 7) is 0. The molecule has 1 aromatic heterocycles. The highest BCUT2D eigenvalue weighted by Gasteiger charge is 1.97. The van der Waals surface area contributed by atoms with E-state index in [2.05, 4.69) is 31.3 Å². The number of hydrazone groups is 2. The Morgan fingerprint density at radius 2 is 1.35 bits per heavy atom. The highest BCUT2D eigenvalue weighted by Crippen LogP contribution is 2.09. The van der Waals surface area contributed by atoms with E-state index in [0.29, 0.717) is 11.6 Å². The standard InChI is InChI=1S/C17H16N6/c1-3-7-14(8-4-1)12-18-20-16-11-17(23-22-16)21-19-13-15-9-5-2-6-10-15/h1-13H,(H3,20,21,22,23)/b18-12+,19-13+. The van der Waals surface area contributed by atoms with Crippen LogP contribution in [0.15, 0.2) is 76.9 Å². The largest absolute Gasteiger partial charge is 0.262 e. The smallest absolute Gasteiger partial charge is 0.170 e. The van der Waals surface area contributed by atoms with Gasteiger partial charge in [-0.1, -0.05) is 60.7 Å². The first-order chi connectivity index (χ1) is 11.4. The van der Waals surface area contributed by atoms with E-state index in [-0.39, 0.29) is 0 Å². The molecule has 3 rings (SSSR count). The average molecular weight is 304 g/mol. The summed E-state index contributed by atoms with van der Waals surface area (Å²) in [4.78, 5) is 0. The van der Waals surface area contributed by atoms with Crippen molar-refractivity contribution in [3.8, 4) is 0 Å². The number of aromatic amines is 1. The minimum atomic E-state index is 0.606. The second-order valence-electron chi connectivity index (χ2n) is 4.73. The molecule has 0 bridgehead atoms. The third kappa shape index (κ3) is 4.53. The molecular formula is C17H16N6. The van der Waals surface area contributed by atoms with Crippen LogP contribution in [0.2, 0.25) is 0 Å². The number of H-pyrrole nitrogens is 1. The number of anilines is 2. The number of hydrogen-bond acceptors (Lipinski definition) is 5. The van der Waals surface area contributed by atoms with Crippen molar-refractivity contribution < 1.29 is 0 Å². The van der Waals surface area contributed by atoms with Crippen LogP contribution < -0.4 is 10.9 Å². The van der Waals surface area contributed by atoms with E-state index < -0.39 is 0 Å². The molecular weight excluding hydrogens is 288 g/mol. The molecule has 0 amide bonds. The van der Waals surface area contributed by atoms with E-state index in [4.69, 9.17) is 0 Å². The molecule has 2 aromatic carbocycles. The van der Waals surface area contributed by atoms with Crippen molar-refractivity contribution in [2.75, 3.05) is 10.9 Å². The maximum atomic E-state index is 4.14. The van der Waals surface area contributed by atoms with Crippen molar-refractivity contribution in [1.29, 1.82) is 0 Å². The zero-order chi connectivity index (χ0) is 15.7. The van der Waals surface area contributed by atoms with Crippen molar-refractivity contribution in [3.63, 3.8) is 0 Å². The first kappa shape index (κ1) is 14.5. The number of hydrogen-bond donors (Lipinski definition) is 3. The van der Waals surface area contributed by atoms with Gasteiger partial charge in [0.1, 0.15) is 5.82 Å². The lowest BCUT2D eigenvalue weighted by Gasteiger charge is -1.94. The Bertz CT molecular complexity index is 711. The third-order valence-corrected chi connectivity index (χ3v) is 2.97. The van der Waals surface area contributed by atoms with Gasteiger partial charge < -0.3 is 0 Å². The second kappa shape index (κ2) is 7.56. The van der Waals surface area contributed by atoms with Crippen LogP contribution in [0.5, 0.6) is 0 Å². The summed E-state index contributed by atoms with van der Waals surface area (Å²) < 4.78 is 0. The number of rotatable bonds is 6. The number of benzene rings is 2. The van der Waals surface area contributed by atoms with E-state index >= 15 is 0 Å². The summed E-state index contributed by atoms with van der Waals surface area (Å²) in [5, 5.41) is 15.2. The topological polar surface area (TPSA) is 77.5 Å². The Kier molecular flexibility index (Phi) is 4.77. The second-order valence-corrected chi connectivity index (χ2v) is 4.73. The minimum absolute atomic E-state index is 0.606. The van der Waals surface area contributed by atoms with E-state index in [1.165, 1.54) is 0 Å². The van der Waals surface area contributed by atoms with Crippen LogP contribution in [0, 0.1) is 0 Å². The summed E-state index contributed by atoms with van der Waals surface area (Å²) in [7, 11) is 0. The molecule has 0 saturated carbocycles. The molecule has 0 fully saturated rings. The van der Waals surface area contributed by atoms with Crippen LogP contribution in [-0.2, 0) is 0 Å². The SMILES string of the molecule is C(=N\Nc1cc(N/N=C/c2ccccc2)[nH]n1)/c1ccccc1. The van der Waals surface area contributed by atoms with Crippen molar-refractivity contribution in [3.05, 3.63) is 77.9 Å². The van der Waals surface area contributed by atoms with Crippen molar-refractivity contribution in [1.82, 2.24) is 10.2 Å². The van der Waals surface area contributed by atoms with Gasteiger partial charge in [-0.15, -0.1) is 0 Å². The van der Waals surface area contributed by atoms with Gasteiger partial charge in [0.25, 0.3) is 0 Å². The number of aromatic nitrogens is 2. The molecule has 23 heavy (non-hydrogen) atoms. The van der Waals surface area contributed by atoms with Crippen molar-refractivity contribution in [2.45, 2.75) is 0 Å².